The topological polar surface area (TPSA) is 71.4 Å². The molecule has 6 heteroatoms. The lowest BCUT2D eigenvalue weighted by Gasteiger charge is -2.13. The number of urea groups is 1. The molecule has 0 unspecified atom stereocenters. The molecule has 0 bridgehead atoms. The lowest BCUT2D eigenvalue weighted by atomic mass is 10.1. The van der Waals surface area contributed by atoms with Crippen molar-refractivity contribution in [2.45, 2.75) is 32.9 Å². The van der Waals surface area contributed by atoms with E-state index in [2.05, 4.69) is 9.88 Å². The highest BCUT2D eigenvalue weighted by molar-refractivity contribution is 6.09. The monoisotopic (exact) mass is 415 g/mol. The molecule has 0 spiro atoms. The van der Waals surface area contributed by atoms with Gasteiger partial charge in [0.1, 0.15) is 6.04 Å². The Kier molecular flexibility index (Phi) is 5.71. The van der Waals surface area contributed by atoms with Gasteiger partial charge < -0.3 is 9.88 Å². The maximum Gasteiger partial charge on any atom is 0.325 e. The lowest BCUT2D eigenvalue weighted by Crippen LogP contribution is -2.36. The third kappa shape index (κ3) is 4.28. The molecule has 1 N–H and O–H groups in total. The van der Waals surface area contributed by atoms with Crippen LogP contribution in [-0.4, -0.2) is 39.8 Å². The van der Waals surface area contributed by atoms with Crippen molar-refractivity contribution in [1.82, 2.24) is 14.8 Å². The fraction of sp³-hybridized carbons (Fsp3) is 0.240. The van der Waals surface area contributed by atoms with E-state index in [1.165, 1.54) is 0 Å². The Morgan fingerprint density at radius 2 is 1.55 bits per heavy atom. The van der Waals surface area contributed by atoms with E-state index in [1.807, 2.05) is 80.6 Å². The van der Waals surface area contributed by atoms with Crippen molar-refractivity contribution < 1.29 is 14.4 Å². The molecule has 3 aromatic rings. The van der Waals surface area contributed by atoms with Crippen molar-refractivity contribution in [3.05, 3.63) is 94.8 Å². The highest BCUT2D eigenvalue weighted by Crippen LogP contribution is 2.19. The molecule has 6 nitrogen and oxygen atoms in total. The van der Waals surface area contributed by atoms with Crippen LogP contribution >= 0.6 is 0 Å². The highest BCUT2D eigenvalue weighted by Gasteiger charge is 2.39. The number of nitrogens with one attached hydrogen (secondary N) is 1. The summed E-state index contributed by atoms with van der Waals surface area (Å²) in [4.78, 5) is 39.2. The molecule has 0 aliphatic carbocycles. The van der Waals surface area contributed by atoms with Gasteiger partial charge in [0.15, 0.2) is 5.78 Å². The van der Waals surface area contributed by atoms with Crippen LogP contribution in [0.25, 0.3) is 0 Å². The molecule has 1 aliphatic heterocycles. The molecule has 1 aromatic heterocycles. The molecule has 1 fully saturated rings. The van der Waals surface area contributed by atoms with Crippen LogP contribution in [0.1, 0.15) is 32.9 Å². The van der Waals surface area contributed by atoms with Gasteiger partial charge in [-0.25, -0.2) is 4.79 Å². The van der Waals surface area contributed by atoms with Crippen molar-refractivity contribution in [1.29, 1.82) is 0 Å². The molecule has 0 saturated carbocycles. The molecule has 4 rings (SSSR count). The second kappa shape index (κ2) is 8.60. The number of hydrogen-bond donors (Lipinski definition) is 1. The molecule has 2 heterocycles. The van der Waals surface area contributed by atoms with Crippen molar-refractivity contribution in [2.24, 2.45) is 0 Å². The van der Waals surface area contributed by atoms with Gasteiger partial charge in [0.05, 0.1) is 6.54 Å². The Balaban J connectivity index is 1.47. The molecule has 0 radical (unpaired) electrons. The van der Waals surface area contributed by atoms with E-state index in [9.17, 15) is 14.4 Å². The minimum atomic E-state index is -0.645. The molecule has 158 valence electrons. The molecule has 1 aliphatic rings. The molecule has 3 amide bonds. The quantitative estimate of drug-likeness (QED) is 0.474. The summed E-state index contributed by atoms with van der Waals surface area (Å²) in [6.45, 7) is 4.25. The van der Waals surface area contributed by atoms with Gasteiger partial charge in [0.2, 0.25) is 0 Å². The minimum absolute atomic E-state index is 0.240. The number of hydrogen-bond acceptors (Lipinski definition) is 3. The first-order chi connectivity index (χ1) is 14.9. The van der Waals surface area contributed by atoms with E-state index in [-0.39, 0.29) is 18.2 Å². The first-order valence-electron chi connectivity index (χ1n) is 10.3. The van der Waals surface area contributed by atoms with Crippen LogP contribution in [0.2, 0.25) is 0 Å². The fourth-order valence-electron chi connectivity index (χ4n) is 4.04. The Hall–Kier alpha value is -3.67. The van der Waals surface area contributed by atoms with Crippen molar-refractivity contribution in [2.75, 3.05) is 6.54 Å². The molecule has 2 aromatic carbocycles. The number of ketones is 1. The highest BCUT2D eigenvalue weighted by atomic mass is 16.2. The predicted octanol–water partition coefficient (Wildman–Crippen LogP) is 3.50. The maximum atomic E-state index is 13.0. The van der Waals surface area contributed by atoms with Crippen LogP contribution in [-0.2, 0) is 17.8 Å². The number of aryl methyl sites for hydroxylation is 1. The van der Waals surface area contributed by atoms with Gasteiger partial charge in [0, 0.05) is 29.9 Å². The second-order valence-electron chi connectivity index (χ2n) is 7.90. The van der Waals surface area contributed by atoms with Gasteiger partial charge in [-0.05, 0) is 31.0 Å². The summed E-state index contributed by atoms with van der Waals surface area (Å²) in [6, 6.07) is 20.2. The Morgan fingerprint density at radius 3 is 2.19 bits per heavy atom. The molecule has 1 saturated heterocycles. The van der Waals surface area contributed by atoms with Gasteiger partial charge in [-0.2, -0.15) is 0 Å². The number of imide groups is 1. The zero-order chi connectivity index (χ0) is 22.0. The third-order valence-corrected chi connectivity index (χ3v) is 5.75. The van der Waals surface area contributed by atoms with Crippen molar-refractivity contribution in [3.8, 4) is 0 Å². The van der Waals surface area contributed by atoms with Crippen molar-refractivity contribution in [3.63, 3.8) is 0 Å². The summed E-state index contributed by atoms with van der Waals surface area (Å²) >= 11 is 0. The summed E-state index contributed by atoms with van der Waals surface area (Å²) in [7, 11) is 0. The first kappa shape index (κ1) is 20.6. The summed E-state index contributed by atoms with van der Waals surface area (Å²) in [5.74, 6) is -0.600. The zero-order valence-corrected chi connectivity index (χ0v) is 17.7. The van der Waals surface area contributed by atoms with E-state index in [0.29, 0.717) is 18.5 Å². The number of carbonyl (C=O) groups is 3. The summed E-state index contributed by atoms with van der Waals surface area (Å²) in [5, 5.41) is 2.70. The lowest BCUT2D eigenvalue weighted by molar-refractivity contribution is -0.127. The molecule has 31 heavy (non-hydrogen) atoms. The van der Waals surface area contributed by atoms with Crippen LogP contribution in [0.4, 0.5) is 4.79 Å². The van der Waals surface area contributed by atoms with Gasteiger partial charge in [-0.1, -0.05) is 60.7 Å². The van der Waals surface area contributed by atoms with E-state index in [1.54, 1.807) is 0 Å². The molecular formula is C25H25N3O3. The standard InChI is InChI=1S/C25H25N3O3/c1-17-13-21(18(2)27(17)15-20-11-7-4-8-12-20)23(29)16-28-24(30)22(26-25(28)31)14-19-9-5-3-6-10-19/h3-13,22H,14-16H2,1-2H3,(H,26,31)/t22-/m1/s1. The summed E-state index contributed by atoms with van der Waals surface area (Å²) in [5.41, 5.74) is 4.43. The van der Waals surface area contributed by atoms with Crippen LogP contribution < -0.4 is 5.32 Å². The SMILES string of the molecule is Cc1cc(C(=O)CN2C(=O)N[C@H](Cc3ccccc3)C2=O)c(C)n1Cc1ccccc1. The minimum Gasteiger partial charge on any atom is -0.344 e. The third-order valence-electron chi connectivity index (χ3n) is 5.75. The Morgan fingerprint density at radius 1 is 0.935 bits per heavy atom. The van der Waals surface area contributed by atoms with Crippen molar-refractivity contribution >= 4 is 17.7 Å². The zero-order valence-electron chi connectivity index (χ0n) is 17.7. The summed E-state index contributed by atoms with van der Waals surface area (Å²) < 4.78 is 2.08. The predicted molar refractivity (Wildman–Crippen MR) is 118 cm³/mol. The molecule has 1 atom stereocenters. The first-order valence-corrected chi connectivity index (χ1v) is 10.3. The van der Waals surface area contributed by atoms with Crippen LogP contribution in [0.3, 0.4) is 0 Å². The normalized spacial score (nSPS) is 15.9. The average molecular weight is 415 g/mol. The van der Waals surface area contributed by atoms with Crippen LogP contribution in [0.15, 0.2) is 66.7 Å². The fourth-order valence-corrected chi connectivity index (χ4v) is 4.04. The van der Waals surface area contributed by atoms with Crippen LogP contribution in [0, 0.1) is 13.8 Å². The average Bonchev–Trinajstić information content (AvgIpc) is 3.20. The maximum absolute atomic E-state index is 13.0. The number of rotatable bonds is 7. The number of nitrogens with zero attached hydrogens (tertiary/aromatic N) is 2. The largest absolute Gasteiger partial charge is 0.344 e. The second-order valence-corrected chi connectivity index (χ2v) is 7.90. The Bertz CT molecular complexity index is 1120. The summed E-state index contributed by atoms with van der Waals surface area (Å²) in [6.07, 6.45) is 0.404. The van der Waals surface area contributed by atoms with Crippen LogP contribution in [0.5, 0.6) is 0 Å². The number of carbonyl (C=O) groups excluding carboxylic acids is 3. The number of Topliss-reactive ketones (excluding diaryl/α,β-unsaturated/α-hetero) is 1. The van der Waals surface area contributed by atoms with E-state index in [0.717, 1.165) is 27.4 Å². The van der Waals surface area contributed by atoms with Gasteiger partial charge in [0.25, 0.3) is 5.91 Å². The van der Waals surface area contributed by atoms with E-state index in [4.69, 9.17) is 0 Å². The number of aromatic nitrogens is 1. The van der Waals surface area contributed by atoms with E-state index < -0.39 is 12.1 Å². The van der Waals surface area contributed by atoms with E-state index >= 15 is 0 Å². The van der Waals surface area contributed by atoms with Gasteiger partial charge in [-0.3, -0.25) is 14.5 Å². The smallest absolute Gasteiger partial charge is 0.325 e. The number of benzene rings is 2. The van der Waals surface area contributed by atoms with Gasteiger partial charge >= 0.3 is 6.03 Å². The number of amides is 3. The molecular weight excluding hydrogens is 390 g/mol. The van der Waals surface area contributed by atoms with Gasteiger partial charge in [-0.15, -0.1) is 0 Å². The Labute approximate surface area is 181 Å².